The van der Waals surface area contributed by atoms with Crippen LogP contribution >= 0.6 is 0 Å². The summed E-state index contributed by atoms with van der Waals surface area (Å²) in [4.78, 5) is 41.8. The van der Waals surface area contributed by atoms with Gasteiger partial charge in [-0.05, 0) is 41.0 Å². The summed E-state index contributed by atoms with van der Waals surface area (Å²) in [6.07, 6.45) is -0.0933. The SMILES string of the molecule is CCOC(=O)C(CC)(C(=O)NOC(C)(C)C)C(=O)OCC. The number of hydroxylamine groups is 1. The molecule has 0 saturated carbocycles. The summed E-state index contributed by atoms with van der Waals surface area (Å²) in [5.41, 5.74) is -0.574. The highest BCUT2D eigenvalue weighted by Gasteiger charge is 2.55. The highest BCUT2D eigenvalue weighted by atomic mass is 16.7. The van der Waals surface area contributed by atoms with E-state index in [-0.39, 0.29) is 19.6 Å². The van der Waals surface area contributed by atoms with Crippen LogP contribution in [0.25, 0.3) is 0 Å². The molecule has 0 aliphatic rings. The zero-order valence-corrected chi connectivity index (χ0v) is 13.6. The highest BCUT2D eigenvalue weighted by Crippen LogP contribution is 2.27. The predicted octanol–water partition coefficient (Wildman–Crippen LogP) is 1.36. The Morgan fingerprint density at radius 1 is 0.905 bits per heavy atom. The fourth-order valence-corrected chi connectivity index (χ4v) is 1.51. The van der Waals surface area contributed by atoms with Crippen LogP contribution in [0, 0.1) is 5.41 Å². The number of amides is 1. The van der Waals surface area contributed by atoms with Crippen molar-refractivity contribution < 1.29 is 28.7 Å². The van der Waals surface area contributed by atoms with Crippen molar-refractivity contribution in [3.63, 3.8) is 0 Å². The molecule has 0 heterocycles. The number of carbonyl (C=O) groups excluding carboxylic acids is 3. The maximum Gasteiger partial charge on any atom is 0.333 e. The zero-order chi connectivity index (χ0) is 16.7. The maximum atomic E-state index is 12.3. The molecule has 122 valence electrons. The number of hydrogen-bond donors (Lipinski definition) is 1. The van der Waals surface area contributed by atoms with Crippen LogP contribution in [-0.4, -0.2) is 36.7 Å². The van der Waals surface area contributed by atoms with Gasteiger partial charge in [0.2, 0.25) is 5.41 Å². The Balaban J connectivity index is 5.41. The van der Waals surface area contributed by atoms with Crippen LogP contribution in [0.3, 0.4) is 0 Å². The molecule has 0 atom stereocenters. The summed E-state index contributed by atoms with van der Waals surface area (Å²) in [6, 6.07) is 0. The van der Waals surface area contributed by atoms with Gasteiger partial charge in [-0.15, -0.1) is 0 Å². The average molecular weight is 303 g/mol. The van der Waals surface area contributed by atoms with Crippen molar-refractivity contribution in [2.75, 3.05) is 13.2 Å². The van der Waals surface area contributed by atoms with Gasteiger partial charge in [0.1, 0.15) is 0 Å². The minimum atomic E-state index is -2.06. The van der Waals surface area contributed by atoms with Crippen molar-refractivity contribution >= 4 is 17.8 Å². The topological polar surface area (TPSA) is 90.9 Å². The van der Waals surface area contributed by atoms with Crippen LogP contribution in [0.1, 0.15) is 48.0 Å². The quantitative estimate of drug-likeness (QED) is 0.434. The molecule has 0 fully saturated rings. The van der Waals surface area contributed by atoms with Crippen molar-refractivity contribution in [3.8, 4) is 0 Å². The highest BCUT2D eigenvalue weighted by molar-refractivity contribution is 6.19. The molecule has 0 spiro atoms. The van der Waals surface area contributed by atoms with Crippen LogP contribution in [0.5, 0.6) is 0 Å². The molecule has 0 rings (SSSR count). The fraction of sp³-hybridized carbons (Fsp3) is 0.786. The van der Waals surface area contributed by atoms with Crippen LogP contribution in [-0.2, 0) is 28.7 Å². The first-order chi connectivity index (χ1) is 9.65. The van der Waals surface area contributed by atoms with Crippen molar-refractivity contribution in [1.29, 1.82) is 0 Å². The minimum Gasteiger partial charge on any atom is -0.465 e. The number of ether oxygens (including phenoxy) is 2. The molecule has 0 unspecified atom stereocenters. The van der Waals surface area contributed by atoms with Gasteiger partial charge >= 0.3 is 11.9 Å². The molecule has 0 aromatic carbocycles. The van der Waals surface area contributed by atoms with Crippen LogP contribution in [0.15, 0.2) is 0 Å². The van der Waals surface area contributed by atoms with Gasteiger partial charge in [-0.1, -0.05) is 6.92 Å². The summed E-state index contributed by atoms with van der Waals surface area (Å²) in [5, 5.41) is 0. The molecule has 7 heteroatoms. The first-order valence-electron chi connectivity index (χ1n) is 6.98. The second-order valence-corrected chi connectivity index (χ2v) is 5.35. The molecular formula is C14H25NO6. The van der Waals surface area contributed by atoms with E-state index in [1.54, 1.807) is 34.6 Å². The molecule has 0 bridgehead atoms. The smallest absolute Gasteiger partial charge is 0.333 e. The van der Waals surface area contributed by atoms with Crippen LogP contribution in [0.4, 0.5) is 0 Å². The minimum absolute atomic E-state index is 0.0490. The largest absolute Gasteiger partial charge is 0.465 e. The van der Waals surface area contributed by atoms with Crippen molar-refractivity contribution in [2.45, 2.75) is 53.6 Å². The Bertz CT molecular complexity index is 367. The molecular weight excluding hydrogens is 278 g/mol. The molecule has 1 N–H and O–H groups in total. The van der Waals surface area contributed by atoms with E-state index in [1.807, 2.05) is 0 Å². The molecule has 21 heavy (non-hydrogen) atoms. The Morgan fingerprint density at radius 2 is 1.33 bits per heavy atom. The molecule has 7 nitrogen and oxygen atoms in total. The Labute approximate surface area is 125 Å². The Hall–Kier alpha value is -1.63. The summed E-state index contributed by atoms with van der Waals surface area (Å²) in [6.45, 7) is 9.96. The van der Waals surface area contributed by atoms with Crippen molar-refractivity contribution in [1.82, 2.24) is 5.48 Å². The van der Waals surface area contributed by atoms with E-state index in [0.29, 0.717) is 0 Å². The van der Waals surface area contributed by atoms with Gasteiger partial charge in [-0.3, -0.25) is 19.2 Å². The standard InChI is InChI=1S/C14H25NO6/c1-7-14(11(17)19-8-2,12(18)20-9-3)10(16)15-21-13(4,5)6/h7-9H2,1-6H3,(H,15,16). The molecule has 0 radical (unpaired) electrons. The maximum absolute atomic E-state index is 12.3. The van der Waals surface area contributed by atoms with E-state index in [1.165, 1.54) is 6.92 Å². The van der Waals surface area contributed by atoms with E-state index in [9.17, 15) is 14.4 Å². The molecule has 0 aromatic rings. The lowest BCUT2D eigenvalue weighted by Gasteiger charge is -2.28. The summed E-state index contributed by atoms with van der Waals surface area (Å²) in [7, 11) is 0. The van der Waals surface area contributed by atoms with Gasteiger partial charge in [-0.2, -0.15) is 0 Å². The molecule has 0 aliphatic carbocycles. The normalized spacial score (nSPS) is 11.7. The number of carbonyl (C=O) groups is 3. The fourth-order valence-electron chi connectivity index (χ4n) is 1.51. The molecule has 0 saturated heterocycles. The predicted molar refractivity (Wildman–Crippen MR) is 75.0 cm³/mol. The first-order valence-corrected chi connectivity index (χ1v) is 6.98. The first kappa shape index (κ1) is 19.4. The van der Waals surface area contributed by atoms with Gasteiger partial charge < -0.3 is 9.47 Å². The van der Waals surface area contributed by atoms with Gasteiger partial charge in [0.25, 0.3) is 5.91 Å². The lowest BCUT2D eigenvalue weighted by Crippen LogP contribution is -2.54. The Morgan fingerprint density at radius 3 is 1.62 bits per heavy atom. The summed E-state index contributed by atoms with van der Waals surface area (Å²) < 4.78 is 9.73. The van der Waals surface area contributed by atoms with E-state index in [0.717, 1.165) is 0 Å². The lowest BCUT2D eigenvalue weighted by molar-refractivity contribution is -0.183. The van der Waals surface area contributed by atoms with Crippen LogP contribution in [0.2, 0.25) is 0 Å². The van der Waals surface area contributed by atoms with E-state index in [2.05, 4.69) is 5.48 Å². The lowest BCUT2D eigenvalue weighted by atomic mass is 9.84. The number of nitrogens with one attached hydrogen (secondary N) is 1. The second-order valence-electron chi connectivity index (χ2n) is 5.35. The third-order valence-electron chi connectivity index (χ3n) is 2.62. The Kier molecular flexibility index (Phi) is 7.35. The van der Waals surface area contributed by atoms with Crippen LogP contribution < -0.4 is 5.48 Å². The van der Waals surface area contributed by atoms with E-state index < -0.39 is 28.9 Å². The number of rotatable bonds is 7. The average Bonchev–Trinajstić information content (AvgIpc) is 2.37. The van der Waals surface area contributed by atoms with Gasteiger partial charge in [-0.25, -0.2) is 5.48 Å². The van der Waals surface area contributed by atoms with Crippen molar-refractivity contribution in [2.24, 2.45) is 5.41 Å². The van der Waals surface area contributed by atoms with Crippen molar-refractivity contribution in [3.05, 3.63) is 0 Å². The van der Waals surface area contributed by atoms with E-state index in [4.69, 9.17) is 14.3 Å². The molecule has 0 aromatic heterocycles. The number of hydrogen-bond acceptors (Lipinski definition) is 6. The molecule has 1 amide bonds. The molecule has 0 aliphatic heterocycles. The van der Waals surface area contributed by atoms with Gasteiger partial charge in [0.05, 0.1) is 18.8 Å². The third kappa shape index (κ3) is 5.00. The summed E-state index contributed by atoms with van der Waals surface area (Å²) in [5.74, 6) is -2.78. The second kappa shape index (κ2) is 7.97. The van der Waals surface area contributed by atoms with Gasteiger partial charge in [0, 0.05) is 0 Å². The van der Waals surface area contributed by atoms with Gasteiger partial charge in [0.15, 0.2) is 0 Å². The zero-order valence-electron chi connectivity index (χ0n) is 13.6. The third-order valence-corrected chi connectivity index (χ3v) is 2.62. The summed E-state index contributed by atoms with van der Waals surface area (Å²) >= 11 is 0. The number of esters is 2. The monoisotopic (exact) mass is 303 g/mol. The van der Waals surface area contributed by atoms with E-state index >= 15 is 0 Å².